The van der Waals surface area contributed by atoms with Crippen LogP contribution in [0.4, 0.5) is 10.8 Å². The van der Waals surface area contributed by atoms with Gasteiger partial charge in [0.2, 0.25) is 11.0 Å². The molecule has 1 unspecified atom stereocenters. The van der Waals surface area contributed by atoms with E-state index in [-0.39, 0.29) is 28.8 Å². The Balaban J connectivity index is 1.43. The molecular formula is C26H20BrClN6O2S2. The van der Waals surface area contributed by atoms with Crippen molar-refractivity contribution in [3.05, 3.63) is 86.3 Å². The van der Waals surface area contributed by atoms with Crippen LogP contribution in [0.3, 0.4) is 0 Å². The fraction of sp³-hybridized carbons (Fsp3) is 0.192. The first kappa shape index (κ1) is 26.4. The number of hydrogen-bond donors (Lipinski definition) is 2. The number of carbonyl (C=O) groups excluding carboxylic acids is 2. The largest absolute Gasteiger partial charge is 0.384 e. The molecule has 0 fully saturated rings. The van der Waals surface area contributed by atoms with E-state index in [1.807, 2.05) is 24.3 Å². The van der Waals surface area contributed by atoms with Crippen molar-refractivity contribution in [1.82, 2.24) is 10.2 Å². The molecule has 1 aliphatic heterocycles. The summed E-state index contributed by atoms with van der Waals surface area (Å²) in [7, 11) is 0. The number of nitrogens with zero attached hydrogens (tertiary/aromatic N) is 4. The van der Waals surface area contributed by atoms with Gasteiger partial charge in [0.1, 0.15) is 5.82 Å². The van der Waals surface area contributed by atoms with E-state index in [2.05, 4.69) is 37.5 Å². The SMILES string of the molecule is N#CC1=C(N)N(c2nnc(SCC(=O)Nc3cccc(Cl)c3)s2)C2=C(C(=O)CCC2)C1c1ccccc1Br. The molecule has 0 bridgehead atoms. The Hall–Kier alpha value is -3.17. The van der Waals surface area contributed by atoms with Crippen LogP contribution in [0.25, 0.3) is 0 Å². The third-order valence-electron chi connectivity index (χ3n) is 6.15. The van der Waals surface area contributed by atoms with Crippen molar-refractivity contribution in [3.8, 4) is 6.07 Å². The van der Waals surface area contributed by atoms with E-state index in [9.17, 15) is 14.9 Å². The number of thioether (sulfide) groups is 1. The topological polar surface area (TPSA) is 125 Å². The molecule has 1 aliphatic carbocycles. The molecule has 1 aromatic heterocycles. The summed E-state index contributed by atoms with van der Waals surface area (Å²) < 4.78 is 1.36. The van der Waals surface area contributed by atoms with E-state index in [4.69, 9.17) is 17.3 Å². The van der Waals surface area contributed by atoms with Crippen LogP contribution in [0.15, 0.2) is 80.0 Å². The van der Waals surface area contributed by atoms with Crippen LogP contribution in [0.1, 0.15) is 30.7 Å². The second kappa shape index (κ2) is 11.3. The van der Waals surface area contributed by atoms with Gasteiger partial charge in [0.25, 0.3) is 0 Å². The zero-order valence-electron chi connectivity index (χ0n) is 19.8. The minimum absolute atomic E-state index is 0.00551. The zero-order valence-corrected chi connectivity index (χ0v) is 23.8. The molecule has 1 atom stereocenters. The monoisotopic (exact) mass is 626 g/mol. The zero-order chi connectivity index (χ0) is 26.8. The van der Waals surface area contributed by atoms with Crippen molar-refractivity contribution in [2.75, 3.05) is 16.0 Å². The van der Waals surface area contributed by atoms with Crippen LogP contribution in [-0.2, 0) is 9.59 Å². The first-order valence-corrected chi connectivity index (χ1v) is 14.6. The summed E-state index contributed by atoms with van der Waals surface area (Å²) in [6.07, 6.45) is 1.70. The minimum Gasteiger partial charge on any atom is -0.384 e. The summed E-state index contributed by atoms with van der Waals surface area (Å²) in [4.78, 5) is 27.4. The summed E-state index contributed by atoms with van der Waals surface area (Å²) >= 11 is 12.0. The predicted molar refractivity (Wildman–Crippen MR) is 153 cm³/mol. The maximum Gasteiger partial charge on any atom is 0.234 e. The number of hydrogen-bond acceptors (Lipinski definition) is 9. The summed E-state index contributed by atoms with van der Waals surface area (Å²) in [5.74, 6) is -0.432. The van der Waals surface area contributed by atoms with Gasteiger partial charge in [-0.15, -0.1) is 10.2 Å². The average molecular weight is 628 g/mol. The van der Waals surface area contributed by atoms with E-state index in [1.54, 1.807) is 29.2 Å². The number of rotatable bonds is 6. The lowest BCUT2D eigenvalue weighted by Gasteiger charge is -2.38. The van der Waals surface area contributed by atoms with Crippen LogP contribution < -0.4 is 16.0 Å². The van der Waals surface area contributed by atoms with Crippen molar-refractivity contribution < 1.29 is 9.59 Å². The summed E-state index contributed by atoms with van der Waals surface area (Å²) in [6.45, 7) is 0. The molecule has 0 saturated heterocycles. The van der Waals surface area contributed by atoms with Crippen molar-refractivity contribution >= 4 is 73.1 Å². The molecule has 3 aromatic rings. The van der Waals surface area contributed by atoms with Crippen molar-refractivity contribution in [1.29, 1.82) is 5.26 Å². The molecule has 192 valence electrons. The van der Waals surface area contributed by atoms with Crippen LogP contribution in [0.2, 0.25) is 5.02 Å². The van der Waals surface area contributed by atoms with Crippen LogP contribution >= 0.6 is 50.6 Å². The van der Waals surface area contributed by atoms with Gasteiger partial charge >= 0.3 is 0 Å². The van der Waals surface area contributed by atoms with Crippen molar-refractivity contribution in [2.24, 2.45) is 5.73 Å². The molecule has 12 heteroatoms. The number of allylic oxidation sites excluding steroid dienone is 3. The summed E-state index contributed by atoms with van der Waals surface area (Å²) in [5.41, 5.74) is 9.62. The number of benzene rings is 2. The van der Waals surface area contributed by atoms with E-state index in [1.165, 1.54) is 23.1 Å². The normalized spacial score (nSPS) is 17.3. The van der Waals surface area contributed by atoms with Gasteiger partial charge < -0.3 is 11.1 Å². The van der Waals surface area contributed by atoms with Gasteiger partial charge in [-0.3, -0.25) is 14.5 Å². The highest BCUT2D eigenvalue weighted by atomic mass is 79.9. The number of amides is 1. The second-order valence-electron chi connectivity index (χ2n) is 8.54. The van der Waals surface area contributed by atoms with E-state index < -0.39 is 5.92 Å². The quantitative estimate of drug-likeness (QED) is 0.319. The minimum atomic E-state index is -0.563. The third kappa shape index (κ3) is 5.22. The number of ketones is 1. The molecule has 0 saturated carbocycles. The van der Waals surface area contributed by atoms with Gasteiger partial charge in [-0.05, 0) is 42.7 Å². The number of nitriles is 1. The summed E-state index contributed by atoms with van der Waals surface area (Å²) in [6, 6.07) is 16.7. The lowest BCUT2D eigenvalue weighted by Crippen LogP contribution is -2.38. The maximum atomic E-state index is 13.3. The standard InChI is InChI=1S/C26H20BrClN6O2S2/c27-18-8-2-1-7-16(18)22-17(12-29)24(30)34(19-9-4-10-20(35)23(19)22)25-32-33-26(38-25)37-13-21(36)31-15-6-3-5-14(28)11-15/h1-3,5-8,11,22H,4,9-10,13,30H2,(H,31,36). The summed E-state index contributed by atoms with van der Waals surface area (Å²) in [5, 5.41) is 22.5. The molecule has 2 aromatic carbocycles. The Morgan fingerprint density at radius 2 is 2.08 bits per heavy atom. The molecule has 3 N–H and O–H groups in total. The predicted octanol–water partition coefficient (Wildman–Crippen LogP) is 5.99. The number of carbonyl (C=O) groups is 2. The van der Waals surface area contributed by atoms with E-state index >= 15 is 0 Å². The first-order valence-electron chi connectivity index (χ1n) is 11.6. The molecular weight excluding hydrogens is 608 g/mol. The molecule has 2 heterocycles. The number of nitrogens with two attached hydrogens (primary N) is 1. The highest BCUT2D eigenvalue weighted by molar-refractivity contribution is 9.10. The number of Topliss-reactive ketones (excluding diaryl/α,β-unsaturated/α-hetero) is 1. The fourth-order valence-corrected chi connectivity index (χ4v) is 6.95. The van der Waals surface area contributed by atoms with Crippen molar-refractivity contribution in [2.45, 2.75) is 29.5 Å². The van der Waals surface area contributed by atoms with Gasteiger partial charge in [-0.25, -0.2) is 0 Å². The van der Waals surface area contributed by atoms with Crippen LogP contribution in [0, 0.1) is 11.3 Å². The molecule has 0 spiro atoms. The Morgan fingerprint density at radius 3 is 2.84 bits per heavy atom. The molecule has 5 rings (SSSR count). The Bertz CT molecular complexity index is 1550. The first-order chi connectivity index (χ1) is 18.4. The van der Waals surface area contributed by atoms with E-state index in [0.717, 1.165) is 15.7 Å². The fourth-order valence-electron chi connectivity index (χ4n) is 4.57. The van der Waals surface area contributed by atoms with Gasteiger partial charge in [0, 0.05) is 32.9 Å². The third-order valence-corrected chi connectivity index (χ3v) is 9.15. The Morgan fingerprint density at radius 1 is 1.26 bits per heavy atom. The number of nitrogens with one attached hydrogen (secondary N) is 1. The Kier molecular flexibility index (Phi) is 7.85. The van der Waals surface area contributed by atoms with E-state index in [0.29, 0.717) is 45.0 Å². The van der Waals surface area contributed by atoms with Crippen molar-refractivity contribution in [3.63, 3.8) is 0 Å². The molecule has 2 aliphatic rings. The average Bonchev–Trinajstić information content (AvgIpc) is 3.36. The van der Waals surface area contributed by atoms with Gasteiger partial charge in [0.15, 0.2) is 10.1 Å². The van der Waals surface area contributed by atoms with Gasteiger partial charge in [-0.1, -0.05) is 74.9 Å². The second-order valence-corrected chi connectivity index (χ2v) is 12.0. The molecule has 0 radical (unpaired) electrons. The molecule has 1 amide bonds. The van der Waals surface area contributed by atoms with Crippen LogP contribution in [-0.4, -0.2) is 27.6 Å². The van der Waals surface area contributed by atoms with Gasteiger partial charge in [0.05, 0.1) is 23.3 Å². The highest BCUT2D eigenvalue weighted by Gasteiger charge is 2.41. The molecule has 8 nitrogen and oxygen atoms in total. The number of aromatic nitrogens is 2. The lowest BCUT2D eigenvalue weighted by molar-refractivity contribution is -0.116. The van der Waals surface area contributed by atoms with Gasteiger partial charge in [-0.2, -0.15) is 5.26 Å². The lowest BCUT2D eigenvalue weighted by atomic mass is 9.76. The number of anilines is 2. The molecule has 38 heavy (non-hydrogen) atoms. The maximum absolute atomic E-state index is 13.3. The number of halogens is 2. The smallest absolute Gasteiger partial charge is 0.234 e. The Labute approximate surface area is 240 Å². The highest BCUT2D eigenvalue weighted by Crippen LogP contribution is 2.48. The van der Waals surface area contributed by atoms with Crippen LogP contribution in [0.5, 0.6) is 0 Å².